The van der Waals surface area contributed by atoms with Crippen LogP contribution in [-0.2, 0) is 14.3 Å². The zero-order valence-electron chi connectivity index (χ0n) is 9.90. The van der Waals surface area contributed by atoms with E-state index < -0.39 is 18.0 Å². The first-order valence-corrected chi connectivity index (χ1v) is 5.81. The van der Waals surface area contributed by atoms with Crippen LogP contribution in [0, 0.1) is 5.92 Å². The number of aliphatic hydroxyl groups is 1. The molecule has 0 radical (unpaired) electrons. The summed E-state index contributed by atoms with van der Waals surface area (Å²) < 4.78 is 4.77. The largest absolute Gasteiger partial charge is 0.465 e. The maximum atomic E-state index is 11.4. The monoisotopic (exact) mass is 250 g/mol. The Bertz CT molecular complexity index is 240. The molecule has 3 atom stereocenters. The second-order valence-corrected chi connectivity index (χ2v) is 4.57. The molecule has 0 saturated heterocycles. The van der Waals surface area contributed by atoms with Crippen molar-refractivity contribution in [2.24, 2.45) is 5.92 Å². The van der Waals surface area contributed by atoms with Crippen LogP contribution < -0.4 is 0 Å². The Morgan fingerprint density at radius 1 is 1.38 bits per heavy atom. The molecular formula is C11H19ClO4. The Morgan fingerprint density at radius 3 is 2.31 bits per heavy atom. The Labute approximate surface area is 101 Å². The maximum Gasteiger partial charge on any atom is 0.316 e. The third-order valence-corrected chi connectivity index (χ3v) is 2.34. The molecule has 0 fully saturated rings. The van der Waals surface area contributed by atoms with Gasteiger partial charge in [-0.25, -0.2) is 0 Å². The van der Waals surface area contributed by atoms with Crippen LogP contribution in [-0.4, -0.2) is 34.9 Å². The molecule has 0 spiro atoms. The summed E-state index contributed by atoms with van der Waals surface area (Å²) in [5.41, 5.74) is 0. The van der Waals surface area contributed by atoms with Crippen molar-refractivity contribution in [1.29, 1.82) is 0 Å². The lowest BCUT2D eigenvalue weighted by Gasteiger charge is -2.17. The number of alkyl halides is 1. The summed E-state index contributed by atoms with van der Waals surface area (Å²) in [5.74, 6) is -1.75. The normalized spacial score (nSPS) is 16.3. The van der Waals surface area contributed by atoms with Crippen molar-refractivity contribution in [2.75, 3.05) is 6.61 Å². The average Bonchev–Trinajstić information content (AvgIpc) is 2.12. The summed E-state index contributed by atoms with van der Waals surface area (Å²) in [7, 11) is 0. The van der Waals surface area contributed by atoms with Gasteiger partial charge in [0, 0.05) is 5.38 Å². The summed E-state index contributed by atoms with van der Waals surface area (Å²) in [6.45, 7) is 4.97. The molecule has 0 aromatic carbocycles. The first-order valence-electron chi connectivity index (χ1n) is 5.37. The van der Waals surface area contributed by atoms with E-state index in [9.17, 15) is 14.7 Å². The van der Waals surface area contributed by atoms with Gasteiger partial charge in [0.25, 0.3) is 0 Å². The van der Waals surface area contributed by atoms with Crippen LogP contribution in [0.25, 0.3) is 0 Å². The number of rotatable bonds is 7. The number of Topliss-reactive ketones (excluding diaryl/α,β-unsaturated/α-hetero) is 1. The molecule has 3 unspecified atom stereocenters. The van der Waals surface area contributed by atoms with Gasteiger partial charge in [-0.2, -0.15) is 0 Å². The molecule has 94 valence electrons. The summed E-state index contributed by atoms with van der Waals surface area (Å²) in [5, 5.41) is 9.42. The number of carbonyl (C=O) groups is 2. The summed E-state index contributed by atoms with van der Waals surface area (Å²) >= 11 is 5.72. The lowest BCUT2D eigenvalue weighted by Crippen LogP contribution is -2.29. The highest BCUT2D eigenvalue weighted by Crippen LogP contribution is 2.16. The predicted octanol–water partition coefficient (Wildman–Crippen LogP) is 1.52. The van der Waals surface area contributed by atoms with Crippen molar-refractivity contribution < 1.29 is 19.4 Å². The summed E-state index contributed by atoms with van der Waals surface area (Å²) in [6, 6.07) is 0. The topological polar surface area (TPSA) is 63.6 Å². The zero-order valence-corrected chi connectivity index (χ0v) is 10.7. The van der Waals surface area contributed by atoms with Crippen LogP contribution in [0.3, 0.4) is 0 Å². The summed E-state index contributed by atoms with van der Waals surface area (Å²) in [6.07, 6.45) is -0.332. The fraction of sp³-hybridized carbons (Fsp3) is 0.818. The molecule has 0 aliphatic carbocycles. The second-order valence-electron chi connectivity index (χ2n) is 3.82. The smallest absolute Gasteiger partial charge is 0.316 e. The van der Waals surface area contributed by atoms with Gasteiger partial charge in [0.1, 0.15) is 11.7 Å². The standard InChI is InChI=1S/C11H19ClO4/c1-4-16-11(15)10(8(3)13)6-9(14)5-7(2)12/h7,9-10,14H,4-6H2,1-3H3. The van der Waals surface area contributed by atoms with Crippen LogP contribution in [0.1, 0.15) is 33.6 Å². The van der Waals surface area contributed by atoms with E-state index in [1.807, 2.05) is 0 Å². The molecule has 4 nitrogen and oxygen atoms in total. The quantitative estimate of drug-likeness (QED) is 0.423. The molecule has 1 N–H and O–H groups in total. The molecule has 0 aromatic rings. The number of halogens is 1. The van der Waals surface area contributed by atoms with Crippen molar-refractivity contribution in [3.05, 3.63) is 0 Å². The maximum absolute atomic E-state index is 11.4. The molecule has 0 bridgehead atoms. The molecule has 0 saturated carbocycles. The van der Waals surface area contributed by atoms with Gasteiger partial charge in [0.2, 0.25) is 0 Å². The van der Waals surface area contributed by atoms with E-state index in [4.69, 9.17) is 16.3 Å². The van der Waals surface area contributed by atoms with Crippen molar-refractivity contribution in [1.82, 2.24) is 0 Å². The first kappa shape index (κ1) is 15.4. The highest BCUT2D eigenvalue weighted by atomic mass is 35.5. The van der Waals surface area contributed by atoms with E-state index in [0.717, 1.165) is 0 Å². The molecule has 5 heteroatoms. The van der Waals surface area contributed by atoms with E-state index >= 15 is 0 Å². The van der Waals surface area contributed by atoms with Gasteiger partial charge in [0.05, 0.1) is 12.7 Å². The lowest BCUT2D eigenvalue weighted by molar-refractivity contribution is -0.152. The fourth-order valence-electron chi connectivity index (χ4n) is 1.41. The van der Waals surface area contributed by atoms with Crippen LogP contribution in [0.2, 0.25) is 0 Å². The van der Waals surface area contributed by atoms with Crippen molar-refractivity contribution in [3.63, 3.8) is 0 Å². The van der Waals surface area contributed by atoms with Crippen LogP contribution in [0.15, 0.2) is 0 Å². The second kappa shape index (κ2) is 7.63. The van der Waals surface area contributed by atoms with Crippen molar-refractivity contribution in [3.8, 4) is 0 Å². The number of ketones is 1. The van der Waals surface area contributed by atoms with E-state index in [-0.39, 0.29) is 24.2 Å². The third kappa shape index (κ3) is 6.08. The van der Waals surface area contributed by atoms with Crippen LogP contribution >= 0.6 is 11.6 Å². The van der Waals surface area contributed by atoms with Gasteiger partial charge >= 0.3 is 5.97 Å². The SMILES string of the molecule is CCOC(=O)C(CC(O)CC(C)Cl)C(C)=O. The minimum absolute atomic E-state index is 0.0746. The Kier molecular flexibility index (Phi) is 7.34. The average molecular weight is 251 g/mol. The van der Waals surface area contributed by atoms with Gasteiger partial charge < -0.3 is 9.84 Å². The molecular weight excluding hydrogens is 232 g/mol. The number of hydrogen-bond acceptors (Lipinski definition) is 4. The van der Waals surface area contributed by atoms with E-state index in [1.165, 1.54) is 6.92 Å². The number of esters is 1. The lowest BCUT2D eigenvalue weighted by atomic mass is 9.95. The molecule has 0 amide bonds. The minimum Gasteiger partial charge on any atom is -0.465 e. The van der Waals surface area contributed by atoms with Gasteiger partial charge in [-0.3, -0.25) is 9.59 Å². The zero-order chi connectivity index (χ0) is 12.7. The van der Waals surface area contributed by atoms with E-state index in [2.05, 4.69) is 0 Å². The highest BCUT2D eigenvalue weighted by molar-refractivity contribution is 6.20. The number of carbonyl (C=O) groups excluding carboxylic acids is 2. The van der Waals surface area contributed by atoms with Crippen molar-refractivity contribution >= 4 is 23.4 Å². The highest BCUT2D eigenvalue weighted by Gasteiger charge is 2.27. The molecule has 0 aliphatic rings. The third-order valence-electron chi connectivity index (χ3n) is 2.17. The summed E-state index contributed by atoms with van der Waals surface area (Å²) in [4.78, 5) is 22.7. The van der Waals surface area contributed by atoms with E-state index in [1.54, 1.807) is 13.8 Å². The van der Waals surface area contributed by atoms with Crippen LogP contribution in [0.5, 0.6) is 0 Å². The fourth-order valence-corrected chi connectivity index (χ4v) is 1.62. The Morgan fingerprint density at radius 2 is 1.94 bits per heavy atom. The van der Waals surface area contributed by atoms with Gasteiger partial charge in [-0.15, -0.1) is 11.6 Å². The van der Waals surface area contributed by atoms with Crippen molar-refractivity contribution in [2.45, 2.75) is 45.1 Å². The van der Waals surface area contributed by atoms with Gasteiger partial charge in [-0.1, -0.05) is 0 Å². The molecule has 0 heterocycles. The Hall–Kier alpha value is -0.610. The molecule has 0 aliphatic heterocycles. The number of aliphatic hydroxyl groups excluding tert-OH is 1. The first-order chi connectivity index (χ1) is 7.38. The minimum atomic E-state index is -0.884. The van der Waals surface area contributed by atoms with Gasteiger partial charge in [-0.05, 0) is 33.6 Å². The number of hydrogen-bond donors (Lipinski definition) is 1. The molecule has 0 aromatic heterocycles. The predicted molar refractivity (Wildman–Crippen MR) is 61.4 cm³/mol. The molecule has 0 rings (SSSR count). The van der Waals surface area contributed by atoms with Crippen LogP contribution in [0.4, 0.5) is 0 Å². The number of ether oxygens (including phenoxy) is 1. The van der Waals surface area contributed by atoms with E-state index in [0.29, 0.717) is 6.42 Å². The van der Waals surface area contributed by atoms with Gasteiger partial charge in [0.15, 0.2) is 0 Å². The molecule has 16 heavy (non-hydrogen) atoms. The Balaban J connectivity index is 4.33.